The third-order valence-electron chi connectivity index (χ3n) is 2.04. The molecule has 0 amide bonds. The van der Waals surface area contributed by atoms with E-state index in [1.54, 1.807) is 12.4 Å². The van der Waals surface area contributed by atoms with Gasteiger partial charge in [-0.1, -0.05) is 19.3 Å². The maximum atomic E-state index is 3.49. The Hall–Kier alpha value is -0.900. The molecule has 1 aromatic rings. The molecular formula is C9H18N4. The minimum Gasteiger partial charge on any atom is -0.317 e. The van der Waals surface area contributed by atoms with E-state index in [1.165, 1.54) is 45.2 Å². The highest BCUT2D eigenvalue weighted by molar-refractivity contribution is 4.55. The predicted octanol–water partition coefficient (Wildman–Crippen LogP) is 1.34. The molecule has 74 valence electrons. The first-order chi connectivity index (χ1) is 6.50. The minimum absolute atomic E-state index is 1.25. The molecule has 2 heterocycles. The molecule has 1 aromatic heterocycles. The molecule has 0 unspecified atom stereocenters. The van der Waals surface area contributed by atoms with Crippen molar-refractivity contribution in [2.75, 3.05) is 13.1 Å². The van der Waals surface area contributed by atoms with E-state index in [4.69, 9.17) is 0 Å². The third kappa shape index (κ3) is 6.28. The monoisotopic (exact) mass is 182 g/mol. The molecule has 4 nitrogen and oxygen atoms in total. The first-order valence-electron chi connectivity index (χ1n) is 5.00. The topological polar surface area (TPSA) is 53.6 Å². The van der Waals surface area contributed by atoms with Gasteiger partial charge in [0.05, 0.1) is 12.4 Å². The summed E-state index contributed by atoms with van der Waals surface area (Å²) in [5.74, 6) is 0. The molecule has 1 fully saturated rings. The Labute approximate surface area is 79.1 Å². The Morgan fingerprint density at radius 1 is 0.769 bits per heavy atom. The molecule has 1 saturated heterocycles. The fourth-order valence-corrected chi connectivity index (χ4v) is 1.32. The number of aromatic nitrogens is 3. The highest BCUT2D eigenvalue weighted by Crippen LogP contribution is 2.03. The molecule has 0 aliphatic carbocycles. The van der Waals surface area contributed by atoms with Gasteiger partial charge in [-0.3, -0.25) is 0 Å². The molecule has 2 N–H and O–H groups in total. The molecule has 4 heteroatoms. The number of rotatable bonds is 0. The van der Waals surface area contributed by atoms with E-state index in [0.29, 0.717) is 0 Å². The summed E-state index contributed by atoms with van der Waals surface area (Å²) in [5.41, 5.74) is 0. The van der Waals surface area contributed by atoms with Crippen molar-refractivity contribution in [2.24, 2.45) is 0 Å². The van der Waals surface area contributed by atoms with Crippen molar-refractivity contribution in [3.8, 4) is 0 Å². The zero-order valence-corrected chi connectivity index (χ0v) is 8.00. The van der Waals surface area contributed by atoms with Crippen molar-refractivity contribution >= 4 is 0 Å². The molecule has 1 aliphatic heterocycles. The van der Waals surface area contributed by atoms with Gasteiger partial charge in [0.2, 0.25) is 0 Å². The first-order valence-corrected chi connectivity index (χ1v) is 5.00. The number of hydrogen-bond acceptors (Lipinski definition) is 3. The molecule has 0 atom stereocenters. The zero-order valence-electron chi connectivity index (χ0n) is 8.00. The van der Waals surface area contributed by atoms with E-state index >= 15 is 0 Å². The number of H-pyrrole nitrogens is 1. The number of hydrogen-bond donors (Lipinski definition) is 2. The molecule has 1 aliphatic rings. The second-order valence-corrected chi connectivity index (χ2v) is 3.17. The van der Waals surface area contributed by atoms with Crippen LogP contribution < -0.4 is 5.32 Å². The average molecular weight is 182 g/mol. The van der Waals surface area contributed by atoms with E-state index in [0.717, 1.165) is 0 Å². The lowest BCUT2D eigenvalue weighted by atomic mass is 10.1. The van der Waals surface area contributed by atoms with E-state index in [-0.39, 0.29) is 0 Å². The van der Waals surface area contributed by atoms with Crippen LogP contribution in [-0.4, -0.2) is 28.5 Å². The molecule has 0 radical (unpaired) electrons. The number of aromatic amines is 1. The van der Waals surface area contributed by atoms with Crippen LogP contribution in [0.1, 0.15) is 32.1 Å². The maximum Gasteiger partial charge on any atom is 0.0690 e. The normalized spacial score (nSPS) is 17.8. The fraction of sp³-hybridized carbons (Fsp3) is 0.778. The summed E-state index contributed by atoms with van der Waals surface area (Å²) in [6.07, 6.45) is 10.3. The van der Waals surface area contributed by atoms with Crippen molar-refractivity contribution in [1.29, 1.82) is 0 Å². The van der Waals surface area contributed by atoms with Gasteiger partial charge in [-0.25, -0.2) is 0 Å². The van der Waals surface area contributed by atoms with Gasteiger partial charge >= 0.3 is 0 Å². The van der Waals surface area contributed by atoms with Gasteiger partial charge in [0.25, 0.3) is 0 Å². The van der Waals surface area contributed by atoms with E-state index in [2.05, 4.69) is 20.7 Å². The lowest BCUT2D eigenvalue weighted by Gasteiger charge is -2.08. The van der Waals surface area contributed by atoms with Gasteiger partial charge in [-0.05, 0) is 25.9 Å². The van der Waals surface area contributed by atoms with Gasteiger partial charge in [-0.2, -0.15) is 15.4 Å². The maximum absolute atomic E-state index is 3.49. The second-order valence-electron chi connectivity index (χ2n) is 3.17. The lowest BCUT2D eigenvalue weighted by molar-refractivity contribution is 0.516. The summed E-state index contributed by atoms with van der Waals surface area (Å²) in [4.78, 5) is 0. The summed E-state index contributed by atoms with van der Waals surface area (Å²) in [7, 11) is 0. The van der Waals surface area contributed by atoms with Gasteiger partial charge in [-0.15, -0.1) is 0 Å². The lowest BCUT2D eigenvalue weighted by Crippen LogP contribution is -2.18. The van der Waals surface area contributed by atoms with Crippen molar-refractivity contribution in [1.82, 2.24) is 20.7 Å². The van der Waals surface area contributed by atoms with Gasteiger partial charge < -0.3 is 5.32 Å². The van der Waals surface area contributed by atoms with Crippen LogP contribution in [0.25, 0.3) is 0 Å². The van der Waals surface area contributed by atoms with Crippen molar-refractivity contribution in [2.45, 2.75) is 32.1 Å². The van der Waals surface area contributed by atoms with Gasteiger partial charge in [0.15, 0.2) is 0 Å². The summed E-state index contributed by atoms with van der Waals surface area (Å²) in [6.45, 7) is 2.50. The summed E-state index contributed by atoms with van der Waals surface area (Å²) in [6, 6.07) is 0. The minimum atomic E-state index is 1.25. The molecule has 2 rings (SSSR count). The van der Waals surface area contributed by atoms with E-state index in [9.17, 15) is 0 Å². The van der Waals surface area contributed by atoms with Gasteiger partial charge in [0, 0.05) is 0 Å². The third-order valence-corrected chi connectivity index (χ3v) is 2.04. The van der Waals surface area contributed by atoms with Crippen LogP contribution in [0.5, 0.6) is 0 Å². The van der Waals surface area contributed by atoms with Crippen LogP contribution in [0.3, 0.4) is 0 Å². The van der Waals surface area contributed by atoms with Crippen LogP contribution in [0.15, 0.2) is 12.4 Å². The molecule has 0 saturated carbocycles. The van der Waals surface area contributed by atoms with Crippen LogP contribution in [0, 0.1) is 0 Å². The highest BCUT2D eigenvalue weighted by Gasteiger charge is 1.94. The largest absolute Gasteiger partial charge is 0.317 e. The zero-order chi connectivity index (χ0) is 9.19. The molecule has 13 heavy (non-hydrogen) atoms. The Balaban J connectivity index is 0.000000145. The fourth-order valence-electron chi connectivity index (χ4n) is 1.32. The van der Waals surface area contributed by atoms with Gasteiger partial charge in [0.1, 0.15) is 0 Å². The quantitative estimate of drug-likeness (QED) is 0.636. The Morgan fingerprint density at radius 2 is 1.31 bits per heavy atom. The molecule has 0 aromatic carbocycles. The van der Waals surface area contributed by atoms with Crippen LogP contribution in [0.2, 0.25) is 0 Å². The molecule has 0 bridgehead atoms. The van der Waals surface area contributed by atoms with Crippen molar-refractivity contribution in [3.05, 3.63) is 12.4 Å². The number of nitrogens with one attached hydrogen (secondary N) is 2. The Kier molecular flexibility index (Phi) is 6.06. The number of nitrogens with zero attached hydrogens (tertiary/aromatic N) is 2. The predicted molar refractivity (Wildman–Crippen MR) is 52.3 cm³/mol. The Bertz CT molecular complexity index is 133. The van der Waals surface area contributed by atoms with Crippen LogP contribution >= 0.6 is 0 Å². The average Bonchev–Trinajstić information content (AvgIpc) is 2.58. The SMILES string of the molecule is C1CCCNCCC1.c1cn[nH]n1. The van der Waals surface area contributed by atoms with E-state index < -0.39 is 0 Å². The van der Waals surface area contributed by atoms with E-state index in [1.807, 2.05) is 0 Å². The second kappa shape index (κ2) is 7.73. The first kappa shape index (κ1) is 10.2. The van der Waals surface area contributed by atoms with Crippen LogP contribution in [0.4, 0.5) is 0 Å². The van der Waals surface area contributed by atoms with Crippen molar-refractivity contribution < 1.29 is 0 Å². The molecular weight excluding hydrogens is 164 g/mol. The van der Waals surface area contributed by atoms with Crippen LogP contribution in [-0.2, 0) is 0 Å². The highest BCUT2D eigenvalue weighted by atomic mass is 15.3. The Morgan fingerprint density at radius 3 is 1.77 bits per heavy atom. The standard InChI is InChI=1S/C7H15N.C2H3N3/c1-2-4-6-8-7-5-3-1;1-2-4-5-3-1/h8H,1-7H2;1-2H,(H,3,4,5). The smallest absolute Gasteiger partial charge is 0.0690 e. The summed E-state index contributed by atoms with van der Waals surface area (Å²) >= 11 is 0. The molecule has 0 spiro atoms. The summed E-state index contributed by atoms with van der Waals surface area (Å²) in [5, 5.41) is 12.7. The summed E-state index contributed by atoms with van der Waals surface area (Å²) < 4.78 is 0. The van der Waals surface area contributed by atoms with Crippen molar-refractivity contribution in [3.63, 3.8) is 0 Å².